The highest BCUT2D eigenvalue weighted by atomic mass is 16.5. The van der Waals surface area contributed by atoms with Crippen molar-refractivity contribution in [1.82, 2.24) is 0 Å². The second-order valence-electron chi connectivity index (χ2n) is 8.99. The van der Waals surface area contributed by atoms with Crippen molar-refractivity contribution < 1.29 is 19.4 Å². The second kappa shape index (κ2) is 10.0. The summed E-state index contributed by atoms with van der Waals surface area (Å²) in [6, 6.07) is 19.5. The number of carbonyl (C=O) groups is 1. The second-order valence-corrected chi connectivity index (χ2v) is 8.99. The summed E-state index contributed by atoms with van der Waals surface area (Å²) in [6.45, 7) is 10.2. The van der Waals surface area contributed by atoms with Crippen LogP contribution in [0.5, 0.6) is 11.5 Å². The van der Waals surface area contributed by atoms with E-state index >= 15 is 0 Å². The van der Waals surface area contributed by atoms with Crippen LogP contribution in [-0.2, 0) is 6.61 Å². The van der Waals surface area contributed by atoms with Crippen molar-refractivity contribution in [3.05, 3.63) is 82.9 Å². The zero-order valence-electron chi connectivity index (χ0n) is 19.5. The molecule has 0 aliphatic rings. The summed E-state index contributed by atoms with van der Waals surface area (Å²) < 4.78 is 12.0. The number of aldehydes is 1. The number of aryl methyl sites for hydroxylation is 1. The Morgan fingerprint density at radius 1 is 0.969 bits per heavy atom. The summed E-state index contributed by atoms with van der Waals surface area (Å²) in [6.07, 6.45) is 1.31. The van der Waals surface area contributed by atoms with E-state index in [1.54, 1.807) is 26.0 Å². The van der Waals surface area contributed by atoms with Crippen molar-refractivity contribution in [1.29, 1.82) is 0 Å². The molecule has 1 N–H and O–H groups in total. The van der Waals surface area contributed by atoms with Gasteiger partial charge in [-0.05, 0) is 98.8 Å². The molecule has 0 heterocycles. The third-order valence-electron chi connectivity index (χ3n) is 5.47. The molecule has 0 aromatic heterocycles. The van der Waals surface area contributed by atoms with E-state index in [2.05, 4.69) is 32.0 Å². The molecule has 4 nitrogen and oxygen atoms in total. The Bertz CT molecular complexity index is 1060. The number of hydrogen-bond acceptors (Lipinski definition) is 4. The van der Waals surface area contributed by atoms with Gasteiger partial charge in [0.1, 0.15) is 24.4 Å². The Labute approximate surface area is 190 Å². The number of carbonyl (C=O) groups excluding carboxylic acids is 1. The summed E-state index contributed by atoms with van der Waals surface area (Å²) in [5, 5.41) is 10.0. The van der Waals surface area contributed by atoms with Gasteiger partial charge >= 0.3 is 0 Å². The fourth-order valence-corrected chi connectivity index (χ4v) is 3.92. The van der Waals surface area contributed by atoms with Crippen molar-refractivity contribution in [2.75, 3.05) is 0 Å². The zero-order chi connectivity index (χ0) is 23.3. The lowest BCUT2D eigenvalue weighted by Crippen LogP contribution is -2.27. The molecule has 3 aromatic rings. The van der Waals surface area contributed by atoms with Crippen LogP contribution in [-0.4, -0.2) is 23.1 Å². The lowest BCUT2D eigenvalue weighted by Gasteiger charge is -2.23. The minimum absolute atomic E-state index is 0.0805. The number of rotatable bonds is 9. The molecule has 0 aliphatic carbocycles. The molecule has 4 heteroatoms. The predicted molar refractivity (Wildman–Crippen MR) is 129 cm³/mol. The topological polar surface area (TPSA) is 55.8 Å². The first-order valence-electron chi connectivity index (χ1n) is 10.9. The third kappa shape index (κ3) is 6.21. The summed E-state index contributed by atoms with van der Waals surface area (Å²) in [5.41, 5.74) is 5.60. The number of hydrogen-bond donors (Lipinski definition) is 1. The van der Waals surface area contributed by atoms with E-state index in [4.69, 9.17) is 9.47 Å². The number of aliphatic hydroxyl groups is 1. The van der Waals surface area contributed by atoms with Gasteiger partial charge in [0.2, 0.25) is 0 Å². The average Bonchev–Trinajstić information content (AvgIpc) is 2.72. The van der Waals surface area contributed by atoms with E-state index in [1.807, 2.05) is 37.3 Å². The van der Waals surface area contributed by atoms with Crippen LogP contribution in [0.25, 0.3) is 11.1 Å². The highest BCUT2D eigenvalue weighted by Crippen LogP contribution is 2.32. The van der Waals surface area contributed by atoms with Crippen molar-refractivity contribution in [3.63, 3.8) is 0 Å². The molecule has 3 aromatic carbocycles. The lowest BCUT2D eigenvalue weighted by molar-refractivity contribution is 0.0323. The summed E-state index contributed by atoms with van der Waals surface area (Å²) >= 11 is 0. The molecule has 1 atom stereocenters. The first-order chi connectivity index (χ1) is 15.2. The first-order valence-corrected chi connectivity index (χ1v) is 10.9. The fraction of sp³-hybridized carbons (Fsp3) is 0.321. The molecule has 0 bridgehead atoms. The summed E-state index contributed by atoms with van der Waals surface area (Å²) in [7, 11) is 0. The van der Waals surface area contributed by atoms with Gasteiger partial charge in [0.25, 0.3) is 0 Å². The Morgan fingerprint density at radius 2 is 1.66 bits per heavy atom. The summed E-state index contributed by atoms with van der Waals surface area (Å²) in [5.74, 6) is 1.54. The van der Waals surface area contributed by atoms with Gasteiger partial charge in [-0.15, -0.1) is 0 Å². The SMILES string of the molecule is Cc1cc(O[C@@H](C)CC(C)(C)O)ccc1-c1cccc(COc2ccc(C=O)cc2)c1C. The maximum Gasteiger partial charge on any atom is 0.150 e. The van der Waals surface area contributed by atoms with Crippen LogP contribution >= 0.6 is 0 Å². The van der Waals surface area contributed by atoms with Crippen LogP contribution in [0, 0.1) is 13.8 Å². The third-order valence-corrected chi connectivity index (χ3v) is 5.47. The predicted octanol–water partition coefficient (Wildman–Crippen LogP) is 6.29. The van der Waals surface area contributed by atoms with Crippen molar-refractivity contribution in [2.45, 2.75) is 59.4 Å². The van der Waals surface area contributed by atoms with Crippen LogP contribution in [0.1, 0.15) is 54.2 Å². The van der Waals surface area contributed by atoms with Gasteiger partial charge < -0.3 is 14.6 Å². The normalized spacial score (nSPS) is 12.3. The molecule has 0 aliphatic heterocycles. The van der Waals surface area contributed by atoms with Crippen LogP contribution < -0.4 is 9.47 Å². The minimum Gasteiger partial charge on any atom is -0.491 e. The van der Waals surface area contributed by atoms with Crippen molar-refractivity contribution in [3.8, 4) is 22.6 Å². The van der Waals surface area contributed by atoms with E-state index in [9.17, 15) is 9.90 Å². The standard InChI is InChI=1S/C28H32O4/c1-19-15-25(32-20(2)16-28(4,5)30)13-14-26(19)27-8-6-7-23(21(27)3)18-31-24-11-9-22(17-29)10-12-24/h6-15,17,20,30H,16,18H2,1-5H3/t20-/m0/s1. The largest absolute Gasteiger partial charge is 0.491 e. The molecule has 0 saturated carbocycles. The molecular formula is C28H32O4. The molecule has 168 valence electrons. The first kappa shape index (κ1) is 23.6. The molecule has 0 saturated heterocycles. The van der Waals surface area contributed by atoms with E-state index in [0.29, 0.717) is 18.6 Å². The molecule has 0 amide bonds. The van der Waals surface area contributed by atoms with Crippen LogP contribution in [0.4, 0.5) is 0 Å². The Balaban J connectivity index is 1.75. The molecule has 3 rings (SSSR count). The molecule has 0 spiro atoms. The smallest absolute Gasteiger partial charge is 0.150 e. The Kier molecular flexibility index (Phi) is 7.37. The molecular weight excluding hydrogens is 400 g/mol. The highest BCUT2D eigenvalue weighted by molar-refractivity contribution is 5.75. The summed E-state index contributed by atoms with van der Waals surface area (Å²) in [4.78, 5) is 10.8. The van der Waals surface area contributed by atoms with E-state index in [1.165, 1.54) is 5.56 Å². The maximum atomic E-state index is 10.8. The van der Waals surface area contributed by atoms with Gasteiger partial charge in [-0.1, -0.05) is 24.3 Å². The molecule has 32 heavy (non-hydrogen) atoms. The van der Waals surface area contributed by atoms with Gasteiger partial charge in [0.05, 0.1) is 11.7 Å². The Morgan fingerprint density at radius 3 is 2.28 bits per heavy atom. The monoisotopic (exact) mass is 432 g/mol. The minimum atomic E-state index is -0.759. The molecule has 0 radical (unpaired) electrons. The van der Waals surface area contributed by atoms with E-state index in [0.717, 1.165) is 40.0 Å². The van der Waals surface area contributed by atoms with Gasteiger partial charge in [0.15, 0.2) is 0 Å². The van der Waals surface area contributed by atoms with Crippen LogP contribution in [0.15, 0.2) is 60.7 Å². The van der Waals surface area contributed by atoms with Gasteiger partial charge in [-0.25, -0.2) is 0 Å². The van der Waals surface area contributed by atoms with Gasteiger partial charge in [-0.3, -0.25) is 4.79 Å². The van der Waals surface area contributed by atoms with Crippen LogP contribution in [0.3, 0.4) is 0 Å². The van der Waals surface area contributed by atoms with Gasteiger partial charge in [0, 0.05) is 12.0 Å². The van der Waals surface area contributed by atoms with Gasteiger partial charge in [-0.2, -0.15) is 0 Å². The van der Waals surface area contributed by atoms with Crippen LogP contribution in [0.2, 0.25) is 0 Å². The zero-order valence-corrected chi connectivity index (χ0v) is 19.5. The van der Waals surface area contributed by atoms with Crippen molar-refractivity contribution in [2.24, 2.45) is 0 Å². The number of ether oxygens (including phenoxy) is 2. The lowest BCUT2D eigenvalue weighted by atomic mass is 9.93. The van der Waals surface area contributed by atoms with E-state index < -0.39 is 5.60 Å². The molecule has 0 unspecified atom stereocenters. The fourth-order valence-electron chi connectivity index (χ4n) is 3.92. The van der Waals surface area contributed by atoms with Crippen molar-refractivity contribution >= 4 is 6.29 Å². The quantitative estimate of drug-likeness (QED) is 0.404. The Hall–Kier alpha value is -3.11. The van der Waals surface area contributed by atoms with E-state index in [-0.39, 0.29) is 6.10 Å². The number of benzene rings is 3. The average molecular weight is 433 g/mol. The highest BCUT2D eigenvalue weighted by Gasteiger charge is 2.19. The molecule has 0 fully saturated rings. The maximum absolute atomic E-state index is 10.8.